The highest BCUT2D eigenvalue weighted by Crippen LogP contribution is 2.36. The van der Waals surface area contributed by atoms with Gasteiger partial charge in [-0.1, -0.05) is 48.0 Å². The topological polar surface area (TPSA) is 41.6 Å². The zero-order valence-corrected chi connectivity index (χ0v) is 16.6. The van der Waals surface area contributed by atoms with Crippen LogP contribution in [0.25, 0.3) is 11.1 Å². The molecule has 3 saturated heterocycles. The second kappa shape index (κ2) is 7.41. The Hall–Kier alpha value is -2.04. The van der Waals surface area contributed by atoms with E-state index in [0.717, 1.165) is 61.5 Å². The summed E-state index contributed by atoms with van der Waals surface area (Å²) in [5, 5.41) is 3.87. The van der Waals surface area contributed by atoms with E-state index in [0.29, 0.717) is 5.92 Å². The standard InChI is InChI=1S/C23H25ClN2O2/c24-20-4-2-1-3-18(20)16-5-7-19-17(13-16)6-8-21(19)25-23(27)28-22-14-26-11-9-15(22)10-12-26/h1-5,7,13,15,21-22H,6,8-12,14H2,(H,25,27)/t21?,22-/m1/s1. The molecule has 3 aliphatic heterocycles. The van der Waals surface area contributed by atoms with Gasteiger partial charge in [-0.05, 0) is 67.4 Å². The third kappa shape index (κ3) is 3.40. The lowest BCUT2D eigenvalue weighted by Gasteiger charge is -2.43. The Morgan fingerprint density at radius 1 is 1.11 bits per heavy atom. The number of carbonyl (C=O) groups is 1. The Labute approximate surface area is 170 Å². The number of fused-ring (bicyclic) bond motifs is 4. The van der Waals surface area contributed by atoms with Crippen molar-refractivity contribution >= 4 is 17.7 Å². The first-order valence-electron chi connectivity index (χ1n) is 10.2. The van der Waals surface area contributed by atoms with Gasteiger partial charge in [0.05, 0.1) is 6.04 Å². The number of ether oxygens (including phenoxy) is 1. The minimum atomic E-state index is -0.271. The number of nitrogens with zero attached hydrogens (tertiary/aromatic N) is 1. The van der Waals surface area contributed by atoms with Crippen molar-refractivity contribution in [2.24, 2.45) is 5.92 Å². The van der Waals surface area contributed by atoms with Crippen molar-refractivity contribution in [1.29, 1.82) is 0 Å². The number of hydrogen-bond acceptors (Lipinski definition) is 3. The van der Waals surface area contributed by atoms with Gasteiger partial charge in [0.1, 0.15) is 6.10 Å². The molecule has 6 rings (SSSR count). The monoisotopic (exact) mass is 396 g/mol. The molecule has 1 amide bonds. The van der Waals surface area contributed by atoms with Gasteiger partial charge in [-0.2, -0.15) is 0 Å². The van der Waals surface area contributed by atoms with Crippen molar-refractivity contribution in [2.75, 3.05) is 19.6 Å². The normalized spacial score (nSPS) is 28.0. The molecule has 2 atom stereocenters. The van der Waals surface area contributed by atoms with Crippen LogP contribution in [0.1, 0.15) is 36.4 Å². The lowest BCUT2D eigenvalue weighted by Crippen LogP contribution is -2.52. The van der Waals surface area contributed by atoms with E-state index in [-0.39, 0.29) is 18.2 Å². The molecule has 0 spiro atoms. The molecule has 2 aromatic rings. The molecule has 1 N–H and O–H groups in total. The van der Waals surface area contributed by atoms with Gasteiger partial charge >= 0.3 is 6.09 Å². The third-order valence-electron chi connectivity index (χ3n) is 6.55. The Bertz CT molecular complexity index is 892. The number of halogens is 1. The van der Waals surface area contributed by atoms with Gasteiger partial charge in [0.2, 0.25) is 0 Å². The number of alkyl carbamates (subject to hydrolysis) is 1. The molecule has 2 aromatic carbocycles. The fraction of sp³-hybridized carbons (Fsp3) is 0.435. The molecular weight excluding hydrogens is 372 g/mol. The molecule has 28 heavy (non-hydrogen) atoms. The number of hydrogen-bond donors (Lipinski definition) is 1. The molecule has 3 heterocycles. The molecule has 4 nitrogen and oxygen atoms in total. The summed E-state index contributed by atoms with van der Waals surface area (Å²) in [6.45, 7) is 3.19. The summed E-state index contributed by atoms with van der Waals surface area (Å²) < 4.78 is 5.80. The van der Waals surface area contributed by atoms with Crippen LogP contribution >= 0.6 is 11.6 Å². The van der Waals surface area contributed by atoms with Crippen molar-refractivity contribution in [2.45, 2.75) is 37.8 Å². The number of nitrogens with one attached hydrogen (secondary N) is 1. The number of amides is 1. The van der Waals surface area contributed by atoms with Gasteiger partial charge in [-0.15, -0.1) is 0 Å². The van der Waals surface area contributed by atoms with E-state index in [1.54, 1.807) is 0 Å². The fourth-order valence-electron chi connectivity index (χ4n) is 4.99. The highest BCUT2D eigenvalue weighted by atomic mass is 35.5. The predicted molar refractivity (Wildman–Crippen MR) is 111 cm³/mol. The van der Waals surface area contributed by atoms with E-state index in [1.807, 2.05) is 24.3 Å². The third-order valence-corrected chi connectivity index (χ3v) is 6.88. The molecule has 0 radical (unpaired) electrons. The van der Waals surface area contributed by atoms with Gasteiger partial charge in [-0.25, -0.2) is 4.79 Å². The van der Waals surface area contributed by atoms with E-state index >= 15 is 0 Å². The Balaban J connectivity index is 1.26. The highest BCUT2D eigenvalue weighted by molar-refractivity contribution is 6.33. The maximum absolute atomic E-state index is 12.5. The quantitative estimate of drug-likeness (QED) is 0.809. The van der Waals surface area contributed by atoms with Crippen molar-refractivity contribution in [3.05, 3.63) is 58.6 Å². The number of benzene rings is 2. The summed E-state index contributed by atoms with van der Waals surface area (Å²) in [7, 11) is 0. The molecule has 0 saturated carbocycles. The van der Waals surface area contributed by atoms with Gasteiger partial charge in [-0.3, -0.25) is 4.90 Å². The fourth-order valence-corrected chi connectivity index (χ4v) is 5.23. The van der Waals surface area contributed by atoms with E-state index in [1.165, 1.54) is 11.1 Å². The maximum Gasteiger partial charge on any atom is 0.407 e. The van der Waals surface area contributed by atoms with Crippen LogP contribution < -0.4 is 5.32 Å². The van der Waals surface area contributed by atoms with E-state index in [2.05, 4.69) is 28.4 Å². The van der Waals surface area contributed by atoms with Gasteiger partial charge in [0.15, 0.2) is 0 Å². The van der Waals surface area contributed by atoms with Gasteiger partial charge < -0.3 is 10.1 Å². The van der Waals surface area contributed by atoms with Crippen LogP contribution in [0.4, 0.5) is 4.79 Å². The molecule has 5 heteroatoms. The van der Waals surface area contributed by atoms with Crippen molar-refractivity contribution < 1.29 is 9.53 Å². The second-order valence-corrected chi connectivity index (χ2v) is 8.62. The van der Waals surface area contributed by atoms with Crippen LogP contribution in [-0.2, 0) is 11.2 Å². The Morgan fingerprint density at radius 2 is 1.93 bits per heavy atom. The van der Waals surface area contributed by atoms with E-state index in [9.17, 15) is 4.79 Å². The smallest absolute Gasteiger partial charge is 0.407 e. The summed E-state index contributed by atoms with van der Waals surface area (Å²) in [5.74, 6) is 0.532. The average molecular weight is 397 g/mol. The largest absolute Gasteiger partial charge is 0.445 e. The second-order valence-electron chi connectivity index (χ2n) is 8.21. The highest BCUT2D eigenvalue weighted by Gasteiger charge is 2.37. The average Bonchev–Trinajstić information content (AvgIpc) is 3.11. The van der Waals surface area contributed by atoms with Crippen molar-refractivity contribution in [3.8, 4) is 11.1 Å². The summed E-state index contributed by atoms with van der Waals surface area (Å²) in [5.41, 5.74) is 4.65. The molecule has 146 valence electrons. The van der Waals surface area contributed by atoms with Crippen LogP contribution in [-0.4, -0.2) is 36.7 Å². The lowest BCUT2D eigenvalue weighted by atomic mass is 9.86. The summed E-state index contributed by atoms with van der Waals surface area (Å²) in [4.78, 5) is 14.9. The minimum Gasteiger partial charge on any atom is -0.445 e. The van der Waals surface area contributed by atoms with Crippen LogP contribution in [0.2, 0.25) is 5.02 Å². The van der Waals surface area contributed by atoms with Gasteiger partial charge in [0.25, 0.3) is 0 Å². The van der Waals surface area contributed by atoms with Crippen LogP contribution in [0.15, 0.2) is 42.5 Å². The SMILES string of the molecule is O=C(NC1CCc2cc(-c3ccccc3Cl)ccc21)O[C@@H]1CN2CCC1CC2. The van der Waals surface area contributed by atoms with E-state index in [4.69, 9.17) is 16.3 Å². The molecule has 4 aliphatic rings. The first-order chi connectivity index (χ1) is 13.7. The summed E-state index contributed by atoms with van der Waals surface area (Å²) in [6, 6.07) is 14.4. The van der Waals surface area contributed by atoms with Crippen molar-refractivity contribution in [1.82, 2.24) is 10.2 Å². The number of carbonyl (C=O) groups excluding carboxylic acids is 1. The first kappa shape index (κ1) is 18.0. The number of aryl methyl sites for hydroxylation is 1. The maximum atomic E-state index is 12.5. The van der Waals surface area contributed by atoms with Crippen LogP contribution in [0, 0.1) is 5.92 Å². The zero-order chi connectivity index (χ0) is 19.1. The van der Waals surface area contributed by atoms with E-state index < -0.39 is 0 Å². The molecule has 3 fully saturated rings. The lowest BCUT2D eigenvalue weighted by molar-refractivity contribution is -0.0339. The first-order valence-corrected chi connectivity index (χ1v) is 10.6. The molecule has 2 bridgehead atoms. The minimum absolute atomic E-state index is 0.0314. The summed E-state index contributed by atoms with van der Waals surface area (Å²) in [6.07, 6.45) is 3.94. The number of piperidine rings is 3. The molecule has 1 aliphatic carbocycles. The van der Waals surface area contributed by atoms with Crippen molar-refractivity contribution in [3.63, 3.8) is 0 Å². The Kier molecular flexibility index (Phi) is 4.77. The number of rotatable bonds is 3. The summed E-state index contributed by atoms with van der Waals surface area (Å²) >= 11 is 6.35. The van der Waals surface area contributed by atoms with Gasteiger partial charge in [0, 0.05) is 17.1 Å². The zero-order valence-electron chi connectivity index (χ0n) is 15.9. The Morgan fingerprint density at radius 3 is 2.68 bits per heavy atom. The molecular formula is C23H25ClN2O2. The molecule has 0 aromatic heterocycles. The van der Waals surface area contributed by atoms with Crippen LogP contribution in [0.5, 0.6) is 0 Å². The molecule has 1 unspecified atom stereocenters. The van der Waals surface area contributed by atoms with Crippen LogP contribution in [0.3, 0.4) is 0 Å². The predicted octanol–water partition coefficient (Wildman–Crippen LogP) is 4.81.